The number of carbonyl (C=O) groups excluding carboxylic acids is 1. The van der Waals surface area contributed by atoms with Crippen molar-refractivity contribution < 1.29 is 4.79 Å². The maximum absolute atomic E-state index is 12.6. The predicted molar refractivity (Wildman–Crippen MR) is 120 cm³/mol. The number of piperazine rings is 1. The number of urea groups is 1. The lowest BCUT2D eigenvalue weighted by atomic mass is 9.88. The fraction of sp³-hybridized carbons (Fsp3) is 0.400. The summed E-state index contributed by atoms with van der Waals surface area (Å²) in [6.07, 6.45) is 1.85. The highest BCUT2D eigenvalue weighted by molar-refractivity contribution is 5.75. The van der Waals surface area contributed by atoms with Crippen LogP contribution in [0.1, 0.15) is 44.9 Å². The Morgan fingerprint density at radius 2 is 1.38 bits per heavy atom. The molecule has 29 heavy (non-hydrogen) atoms. The van der Waals surface area contributed by atoms with Crippen LogP contribution in [-0.2, 0) is 0 Å². The Hall–Kier alpha value is -2.59. The molecule has 0 unspecified atom stereocenters. The first-order valence-electron chi connectivity index (χ1n) is 10.4. The third-order valence-electron chi connectivity index (χ3n) is 5.79. The lowest BCUT2D eigenvalue weighted by Crippen LogP contribution is -2.52. The van der Waals surface area contributed by atoms with Gasteiger partial charge in [0, 0.05) is 32.4 Å². The van der Waals surface area contributed by atoms with Crippen LogP contribution in [0.25, 0.3) is 0 Å². The van der Waals surface area contributed by atoms with E-state index in [1.54, 1.807) is 0 Å². The van der Waals surface area contributed by atoms with Crippen LogP contribution < -0.4 is 5.32 Å². The molecule has 0 aromatic heterocycles. The lowest BCUT2D eigenvalue weighted by Gasteiger charge is -2.39. The minimum absolute atomic E-state index is 0.00998. The van der Waals surface area contributed by atoms with Crippen molar-refractivity contribution in [3.8, 4) is 0 Å². The molecule has 4 heteroatoms. The van der Waals surface area contributed by atoms with Gasteiger partial charge in [-0.2, -0.15) is 0 Å². The molecule has 1 aliphatic rings. The Kier molecular flexibility index (Phi) is 6.75. The minimum Gasteiger partial charge on any atom is -0.322 e. The van der Waals surface area contributed by atoms with Gasteiger partial charge >= 0.3 is 6.03 Å². The van der Waals surface area contributed by atoms with Gasteiger partial charge < -0.3 is 10.2 Å². The number of allylic oxidation sites excluding steroid dienone is 1. The largest absolute Gasteiger partial charge is 0.322 e. The van der Waals surface area contributed by atoms with Crippen molar-refractivity contribution in [1.82, 2.24) is 15.1 Å². The molecule has 0 spiro atoms. The number of benzene rings is 2. The summed E-state index contributed by atoms with van der Waals surface area (Å²) in [6, 6.07) is 21.5. The average Bonchev–Trinajstić information content (AvgIpc) is 2.73. The average molecular weight is 392 g/mol. The molecule has 1 N–H and O–H groups in total. The smallest absolute Gasteiger partial charge is 0.321 e. The first-order chi connectivity index (χ1) is 13.9. The molecular formula is C25H33N3O. The highest BCUT2D eigenvalue weighted by Gasteiger charge is 2.28. The SMILES string of the molecule is C/C(=C\NC(=O)N1CCN(C(c2ccccc2)c2ccccc2)CC1)C(C)(C)C. The molecule has 0 atom stereocenters. The van der Waals surface area contributed by atoms with E-state index in [2.05, 4.69) is 98.6 Å². The van der Waals surface area contributed by atoms with Gasteiger partial charge in [0.05, 0.1) is 6.04 Å². The summed E-state index contributed by atoms with van der Waals surface area (Å²) in [4.78, 5) is 17.0. The highest BCUT2D eigenvalue weighted by Crippen LogP contribution is 2.29. The fourth-order valence-corrected chi connectivity index (χ4v) is 3.55. The molecule has 4 nitrogen and oxygen atoms in total. The van der Waals surface area contributed by atoms with Crippen molar-refractivity contribution in [2.75, 3.05) is 26.2 Å². The Morgan fingerprint density at radius 3 is 1.83 bits per heavy atom. The van der Waals surface area contributed by atoms with Crippen LogP contribution in [0.15, 0.2) is 72.4 Å². The van der Waals surface area contributed by atoms with Crippen LogP contribution in [0, 0.1) is 5.41 Å². The van der Waals surface area contributed by atoms with Gasteiger partial charge in [-0.15, -0.1) is 0 Å². The molecular weight excluding hydrogens is 358 g/mol. The van der Waals surface area contributed by atoms with Crippen molar-refractivity contribution in [1.29, 1.82) is 0 Å². The number of carbonyl (C=O) groups is 1. The number of hydrogen-bond donors (Lipinski definition) is 1. The van der Waals surface area contributed by atoms with E-state index in [-0.39, 0.29) is 17.5 Å². The summed E-state index contributed by atoms with van der Waals surface area (Å²) in [5.74, 6) is 0. The van der Waals surface area contributed by atoms with Crippen LogP contribution in [0.5, 0.6) is 0 Å². The summed E-state index contributed by atoms with van der Waals surface area (Å²) in [7, 11) is 0. The van der Waals surface area contributed by atoms with Crippen LogP contribution >= 0.6 is 0 Å². The number of hydrogen-bond acceptors (Lipinski definition) is 2. The topological polar surface area (TPSA) is 35.6 Å². The molecule has 0 aliphatic carbocycles. The van der Waals surface area contributed by atoms with Crippen LogP contribution in [0.3, 0.4) is 0 Å². The highest BCUT2D eigenvalue weighted by atomic mass is 16.2. The van der Waals surface area contributed by atoms with E-state index in [0.717, 1.165) is 31.8 Å². The molecule has 0 saturated carbocycles. The molecule has 3 rings (SSSR count). The number of nitrogens with one attached hydrogen (secondary N) is 1. The fourth-order valence-electron chi connectivity index (χ4n) is 3.55. The molecule has 0 radical (unpaired) electrons. The Labute approximate surface area is 175 Å². The summed E-state index contributed by atoms with van der Waals surface area (Å²) in [5, 5.41) is 2.97. The van der Waals surface area contributed by atoms with Gasteiger partial charge in [0.25, 0.3) is 0 Å². The third kappa shape index (κ3) is 5.48. The van der Waals surface area contributed by atoms with Gasteiger partial charge in [-0.1, -0.05) is 87.0 Å². The zero-order valence-electron chi connectivity index (χ0n) is 18.1. The predicted octanol–water partition coefficient (Wildman–Crippen LogP) is 5.05. The first-order valence-corrected chi connectivity index (χ1v) is 10.4. The van der Waals surface area contributed by atoms with E-state index in [4.69, 9.17) is 0 Å². The molecule has 1 saturated heterocycles. The van der Waals surface area contributed by atoms with Gasteiger partial charge in [0.2, 0.25) is 0 Å². The summed E-state index contributed by atoms with van der Waals surface area (Å²) >= 11 is 0. The second-order valence-corrected chi connectivity index (χ2v) is 8.77. The molecule has 0 bridgehead atoms. The second kappa shape index (κ2) is 9.27. The van der Waals surface area contributed by atoms with Crippen LogP contribution in [0.4, 0.5) is 4.79 Å². The number of rotatable bonds is 4. The maximum atomic E-state index is 12.6. The van der Waals surface area contributed by atoms with Crippen molar-refractivity contribution >= 4 is 6.03 Å². The van der Waals surface area contributed by atoms with Gasteiger partial charge in [-0.05, 0) is 23.5 Å². The normalized spacial score (nSPS) is 16.2. The Balaban J connectivity index is 1.67. The van der Waals surface area contributed by atoms with Crippen molar-refractivity contribution in [3.63, 3.8) is 0 Å². The van der Waals surface area contributed by atoms with E-state index in [1.807, 2.05) is 11.1 Å². The van der Waals surface area contributed by atoms with E-state index in [9.17, 15) is 4.79 Å². The Bertz CT molecular complexity index is 777. The van der Waals surface area contributed by atoms with Crippen LogP contribution in [-0.4, -0.2) is 42.0 Å². The minimum atomic E-state index is -0.00998. The number of amides is 2. The molecule has 2 amide bonds. The second-order valence-electron chi connectivity index (χ2n) is 8.77. The zero-order chi connectivity index (χ0) is 20.9. The summed E-state index contributed by atoms with van der Waals surface area (Å²) in [5.41, 5.74) is 3.81. The van der Waals surface area contributed by atoms with Gasteiger partial charge in [-0.3, -0.25) is 4.90 Å². The zero-order valence-corrected chi connectivity index (χ0v) is 18.1. The maximum Gasteiger partial charge on any atom is 0.321 e. The van der Waals surface area contributed by atoms with E-state index in [1.165, 1.54) is 11.1 Å². The molecule has 2 aromatic carbocycles. The van der Waals surface area contributed by atoms with Crippen molar-refractivity contribution in [2.24, 2.45) is 5.41 Å². The van der Waals surface area contributed by atoms with Gasteiger partial charge in [-0.25, -0.2) is 4.79 Å². The van der Waals surface area contributed by atoms with E-state index >= 15 is 0 Å². The van der Waals surface area contributed by atoms with Crippen molar-refractivity contribution in [3.05, 3.63) is 83.6 Å². The monoisotopic (exact) mass is 391 g/mol. The summed E-state index contributed by atoms with van der Waals surface area (Å²) < 4.78 is 0. The standard InChI is InChI=1S/C25H33N3O/c1-20(25(2,3)4)19-26-24(29)28-17-15-27(16-18-28)23(21-11-7-5-8-12-21)22-13-9-6-10-14-22/h5-14,19,23H,15-18H2,1-4H3,(H,26,29)/b20-19+. The third-order valence-corrected chi connectivity index (χ3v) is 5.79. The van der Waals surface area contributed by atoms with E-state index < -0.39 is 0 Å². The van der Waals surface area contributed by atoms with Gasteiger partial charge in [0.15, 0.2) is 0 Å². The summed E-state index contributed by atoms with van der Waals surface area (Å²) in [6.45, 7) is 11.7. The lowest BCUT2D eigenvalue weighted by molar-refractivity contribution is 0.122. The number of nitrogens with zero attached hydrogens (tertiary/aromatic N) is 2. The molecule has 1 heterocycles. The van der Waals surface area contributed by atoms with E-state index in [0.29, 0.717) is 0 Å². The molecule has 1 fully saturated rings. The van der Waals surface area contributed by atoms with Crippen molar-refractivity contribution in [2.45, 2.75) is 33.7 Å². The first kappa shape index (κ1) is 21.1. The molecule has 1 aliphatic heterocycles. The molecule has 2 aromatic rings. The van der Waals surface area contributed by atoms with Gasteiger partial charge in [0.1, 0.15) is 0 Å². The quantitative estimate of drug-likeness (QED) is 0.791. The molecule has 154 valence electrons. The van der Waals surface area contributed by atoms with Crippen LogP contribution in [0.2, 0.25) is 0 Å². The Morgan fingerprint density at radius 1 is 0.897 bits per heavy atom.